The Morgan fingerprint density at radius 2 is 1.80 bits per heavy atom. The minimum absolute atomic E-state index is 0.116. The minimum atomic E-state index is -0.346. The third-order valence-electron chi connectivity index (χ3n) is 6.54. The molecule has 1 amide bonds. The minimum Gasteiger partial charge on any atom is -0.350 e. The van der Waals surface area contributed by atoms with E-state index in [0.717, 1.165) is 54.4 Å². The summed E-state index contributed by atoms with van der Waals surface area (Å²) >= 11 is 0. The molecule has 0 fully saturated rings. The molecule has 0 saturated heterocycles. The predicted molar refractivity (Wildman–Crippen MR) is 142 cm³/mol. The van der Waals surface area contributed by atoms with Gasteiger partial charge in [0.2, 0.25) is 0 Å². The molecule has 0 saturated carbocycles. The molecular formula is C29H40N4O2. The van der Waals surface area contributed by atoms with Gasteiger partial charge in [0.1, 0.15) is 6.29 Å². The van der Waals surface area contributed by atoms with Crippen molar-refractivity contribution in [1.82, 2.24) is 20.2 Å². The lowest BCUT2D eigenvalue weighted by Gasteiger charge is -2.39. The summed E-state index contributed by atoms with van der Waals surface area (Å²) in [5, 5.41) is 11.5. The maximum atomic E-state index is 13.4. The van der Waals surface area contributed by atoms with E-state index in [0.29, 0.717) is 18.5 Å². The molecule has 188 valence electrons. The van der Waals surface area contributed by atoms with Crippen molar-refractivity contribution >= 4 is 17.7 Å². The molecule has 1 unspecified atom stereocenters. The quantitative estimate of drug-likeness (QED) is 0.362. The Balaban J connectivity index is 1.83. The molecule has 35 heavy (non-hydrogen) atoms. The van der Waals surface area contributed by atoms with Gasteiger partial charge in [-0.3, -0.25) is 4.79 Å². The molecule has 1 aromatic carbocycles. The summed E-state index contributed by atoms with van der Waals surface area (Å²) in [7, 11) is 0. The van der Waals surface area contributed by atoms with Crippen LogP contribution in [-0.4, -0.2) is 39.4 Å². The van der Waals surface area contributed by atoms with Gasteiger partial charge in [-0.15, -0.1) is 0 Å². The lowest BCUT2D eigenvalue weighted by atomic mass is 9.90. The highest BCUT2D eigenvalue weighted by Gasteiger charge is 2.31. The molecule has 0 spiro atoms. The van der Waals surface area contributed by atoms with Crippen molar-refractivity contribution in [3.63, 3.8) is 0 Å². The van der Waals surface area contributed by atoms with Crippen LogP contribution in [0.2, 0.25) is 0 Å². The van der Waals surface area contributed by atoms with Gasteiger partial charge in [0.25, 0.3) is 5.91 Å². The smallest absolute Gasteiger partial charge is 0.255 e. The second-order valence-electron chi connectivity index (χ2n) is 10.6. The van der Waals surface area contributed by atoms with Crippen molar-refractivity contribution in [3.05, 3.63) is 70.5 Å². The van der Waals surface area contributed by atoms with Gasteiger partial charge < -0.3 is 15.4 Å². The first-order valence-electron chi connectivity index (χ1n) is 12.6. The molecule has 6 heteroatoms. The fourth-order valence-electron chi connectivity index (χ4n) is 5.04. The topological polar surface area (TPSA) is 75.5 Å². The Bertz CT molecular complexity index is 1170. The van der Waals surface area contributed by atoms with Crippen LogP contribution in [0.5, 0.6) is 0 Å². The van der Waals surface area contributed by atoms with Crippen molar-refractivity contribution in [1.29, 1.82) is 0 Å². The predicted octanol–water partition coefficient (Wildman–Crippen LogP) is 4.98. The number of nitrogens with zero attached hydrogens (tertiary/aromatic N) is 2. The number of carbonyl (C=O) groups is 2. The van der Waals surface area contributed by atoms with E-state index in [1.807, 2.05) is 37.4 Å². The summed E-state index contributed by atoms with van der Waals surface area (Å²) in [6.45, 7) is 12.7. The third kappa shape index (κ3) is 6.79. The molecule has 0 radical (unpaired) electrons. The number of fused-ring (bicyclic) bond motifs is 1. The molecule has 0 bridgehead atoms. The van der Waals surface area contributed by atoms with Crippen LogP contribution >= 0.6 is 0 Å². The molecule has 3 aromatic rings. The number of benzene rings is 1. The standard InChI is InChI=1S/C29H40N4O2/c1-7-15-29(6,32-28(4,5)16-17-34)20-30-27(35)26-22(3)31-33-24(18-21(2)19-25(26)33)14-13-23-11-9-8-10-12-23/h8-12,17-19,32H,7,13-16,20H2,1-6H3,(H,30,35). The number of amides is 1. The summed E-state index contributed by atoms with van der Waals surface area (Å²) in [5.74, 6) is -0.116. The molecule has 0 aliphatic rings. The number of aryl methyl sites for hydroxylation is 4. The highest BCUT2D eigenvalue weighted by Crippen LogP contribution is 2.22. The van der Waals surface area contributed by atoms with Crippen molar-refractivity contribution in [2.24, 2.45) is 0 Å². The number of pyridine rings is 1. The summed E-state index contributed by atoms with van der Waals surface area (Å²) in [6.07, 6.45) is 4.96. The van der Waals surface area contributed by atoms with E-state index in [4.69, 9.17) is 5.10 Å². The monoisotopic (exact) mass is 476 g/mol. The normalized spacial score (nSPS) is 13.5. The zero-order valence-corrected chi connectivity index (χ0v) is 22.1. The molecule has 3 rings (SSSR count). The first-order chi connectivity index (χ1) is 16.6. The van der Waals surface area contributed by atoms with Gasteiger partial charge in [0.05, 0.1) is 16.8 Å². The second-order valence-corrected chi connectivity index (χ2v) is 10.6. The number of carbonyl (C=O) groups excluding carboxylic acids is 2. The van der Waals surface area contributed by atoms with Gasteiger partial charge in [0.15, 0.2) is 0 Å². The fourth-order valence-corrected chi connectivity index (χ4v) is 5.04. The molecule has 2 N–H and O–H groups in total. The van der Waals surface area contributed by atoms with E-state index in [2.05, 4.69) is 61.7 Å². The van der Waals surface area contributed by atoms with Crippen molar-refractivity contribution in [2.75, 3.05) is 6.54 Å². The third-order valence-corrected chi connectivity index (χ3v) is 6.54. The Labute approximate surface area is 209 Å². The van der Waals surface area contributed by atoms with E-state index in [-0.39, 0.29) is 17.0 Å². The van der Waals surface area contributed by atoms with Crippen LogP contribution in [0.3, 0.4) is 0 Å². The average Bonchev–Trinajstić information content (AvgIpc) is 3.12. The number of hydrogen-bond acceptors (Lipinski definition) is 4. The van der Waals surface area contributed by atoms with Crippen LogP contribution < -0.4 is 10.6 Å². The zero-order chi connectivity index (χ0) is 25.6. The second kappa shape index (κ2) is 11.2. The van der Waals surface area contributed by atoms with Crippen LogP contribution in [0, 0.1) is 13.8 Å². The number of rotatable bonds is 12. The first kappa shape index (κ1) is 26.6. The van der Waals surface area contributed by atoms with E-state index in [9.17, 15) is 9.59 Å². The van der Waals surface area contributed by atoms with E-state index >= 15 is 0 Å². The molecule has 0 aliphatic heterocycles. The van der Waals surface area contributed by atoms with Crippen LogP contribution in [0.25, 0.3) is 5.52 Å². The van der Waals surface area contributed by atoms with Crippen LogP contribution in [0.15, 0.2) is 42.5 Å². The Morgan fingerprint density at radius 1 is 1.09 bits per heavy atom. The summed E-state index contributed by atoms with van der Waals surface area (Å²) in [6, 6.07) is 14.6. The van der Waals surface area contributed by atoms with Gasteiger partial charge in [0, 0.05) is 29.7 Å². The maximum Gasteiger partial charge on any atom is 0.255 e. The van der Waals surface area contributed by atoms with Crippen molar-refractivity contribution in [2.45, 2.75) is 84.7 Å². The van der Waals surface area contributed by atoms with Crippen LogP contribution in [0.4, 0.5) is 0 Å². The summed E-state index contributed by atoms with van der Waals surface area (Å²) < 4.78 is 1.93. The highest BCUT2D eigenvalue weighted by molar-refractivity contribution is 6.02. The molecular weight excluding hydrogens is 436 g/mol. The first-order valence-corrected chi connectivity index (χ1v) is 12.6. The summed E-state index contributed by atoms with van der Waals surface area (Å²) in [5.41, 5.74) is 5.01. The van der Waals surface area contributed by atoms with E-state index in [1.165, 1.54) is 5.56 Å². The number of hydrogen-bond donors (Lipinski definition) is 2. The van der Waals surface area contributed by atoms with Gasteiger partial charge in [-0.1, -0.05) is 43.7 Å². The Hall–Kier alpha value is -2.99. The number of nitrogens with one attached hydrogen (secondary N) is 2. The van der Waals surface area contributed by atoms with Crippen molar-refractivity contribution in [3.8, 4) is 0 Å². The Kier molecular flexibility index (Phi) is 8.49. The molecule has 6 nitrogen and oxygen atoms in total. The molecule has 0 aliphatic carbocycles. The fraction of sp³-hybridized carbons (Fsp3) is 0.483. The van der Waals surface area contributed by atoms with Crippen LogP contribution in [-0.2, 0) is 17.6 Å². The lowest BCUT2D eigenvalue weighted by molar-refractivity contribution is -0.109. The van der Waals surface area contributed by atoms with E-state index in [1.54, 1.807) is 0 Å². The molecule has 1 atom stereocenters. The van der Waals surface area contributed by atoms with Crippen molar-refractivity contribution < 1.29 is 9.59 Å². The lowest BCUT2D eigenvalue weighted by Crippen LogP contribution is -2.58. The maximum absolute atomic E-state index is 13.4. The number of aldehydes is 1. The highest BCUT2D eigenvalue weighted by atomic mass is 16.1. The SMILES string of the molecule is CCCC(C)(CNC(=O)c1c(C)nn2c(CCc3ccccc3)cc(C)cc12)NC(C)(C)CC=O. The molecule has 2 aromatic heterocycles. The zero-order valence-electron chi connectivity index (χ0n) is 22.1. The average molecular weight is 477 g/mol. The van der Waals surface area contributed by atoms with Gasteiger partial charge >= 0.3 is 0 Å². The van der Waals surface area contributed by atoms with Gasteiger partial charge in [-0.05, 0) is 77.1 Å². The van der Waals surface area contributed by atoms with E-state index < -0.39 is 0 Å². The summed E-state index contributed by atoms with van der Waals surface area (Å²) in [4.78, 5) is 24.5. The molecule has 2 heterocycles. The number of aromatic nitrogens is 2. The van der Waals surface area contributed by atoms with Gasteiger partial charge in [-0.2, -0.15) is 5.10 Å². The largest absolute Gasteiger partial charge is 0.350 e. The van der Waals surface area contributed by atoms with Crippen LogP contribution in [0.1, 0.15) is 79.8 Å². The Morgan fingerprint density at radius 3 is 2.46 bits per heavy atom. The van der Waals surface area contributed by atoms with Gasteiger partial charge in [-0.25, -0.2) is 4.52 Å².